The number of benzene rings is 3. The molecule has 1 saturated carbocycles. The highest BCUT2D eigenvalue weighted by Crippen LogP contribution is 2.59. The Morgan fingerprint density at radius 2 is 1.74 bits per heavy atom. The molecule has 0 amide bonds. The van der Waals surface area contributed by atoms with Crippen LogP contribution in [0.3, 0.4) is 0 Å². The van der Waals surface area contributed by atoms with Crippen LogP contribution in [0.15, 0.2) is 64.7 Å². The molecular formula is C40H46N2O7Si. The second-order valence-corrected chi connectivity index (χ2v) is 20.5. The van der Waals surface area contributed by atoms with Crippen LogP contribution in [0.4, 0.5) is 0 Å². The Morgan fingerprint density at radius 3 is 2.40 bits per heavy atom. The van der Waals surface area contributed by atoms with Gasteiger partial charge in [-0.25, -0.2) is 0 Å². The average molecular weight is 695 g/mol. The number of ether oxygens (including phenoxy) is 2. The van der Waals surface area contributed by atoms with E-state index in [1.807, 2.05) is 74.4 Å². The monoisotopic (exact) mass is 694 g/mol. The number of hydrogen-bond donors (Lipinski definition) is 1. The molecule has 1 aromatic heterocycles. The van der Waals surface area contributed by atoms with Crippen molar-refractivity contribution < 1.29 is 33.1 Å². The van der Waals surface area contributed by atoms with Gasteiger partial charge in [-0.15, -0.1) is 0 Å². The standard InChI is InChI=1S/C40H46N2O7Si/c1-22-26-16-13-17-29(46-7)27(26)19-24-18-25-20-28-33(42(5)6)35-32(38(41-48-35)47-21-23-14-11-10-12-15-23)37(45)40(28,49-50(8,9)39(2,3)4)36(44)31(25)34(43)30(22)24/h10-17,19,25,28,33,43H,18,20-21H2,1-9H3/t25-,28-,33-,40-/m0/s1. The van der Waals surface area contributed by atoms with Crippen LogP contribution in [0.2, 0.25) is 18.1 Å². The lowest BCUT2D eigenvalue weighted by atomic mass is 9.57. The van der Waals surface area contributed by atoms with Crippen LogP contribution in [0, 0.1) is 18.8 Å². The van der Waals surface area contributed by atoms with Crippen LogP contribution < -0.4 is 9.47 Å². The molecule has 0 spiro atoms. The number of hydrogen-bond acceptors (Lipinski definition) is 9. The topological polar surface area (TPSA) is 111 Å². The number of aliphatic hydroxyl groups is 1. The van der Waals surface area contributed by atoms with Gasteiger partial charge in [0.15, 0.2) is 19.7 Å². The first-order valence-corrected chi connectivity index (χ1v) is 20.2. The van der Waals surface area contributed by atoms with E-state index in [1.165, 1.54) is 0 Å². The molecule has 4 atom stereocenters. The zero-order valence-corrected chi connectivity index (χ0v) is 31.3. The number of carbonyl (C=O) groups is 2. The number of carbonyl (C=O) groups excluding carboxylic acids is 2. The van der Waals surface area contributed by atoms with Crippen molar-refractivity contribution in [1.29, 1.82) is 0 Å². The number of methoxy groups -OCH3 is 1. The highest BCUT2D eigenvalue weighted by molar-refractivity contribution is 6.74. The highest BCUT2D eigenvalue weighted by atomic mass is 28.4. The molecule has 1 heterocycles. The minimum Gasteiger partial charge on any atom is -0.507 e. The molecule has 3 aromatic carbocycles. The molecule has 262 valence electrons. The van der Waals surface area contributed by atoms with Crippen molar-refractivity contribution in [1.82, 2.24) is 10.1 Å². The van der Waals surface area contributed by atoms with Crippen molar-refractivity contribution in [2.24, 2.45) is 11.8 Å². The fourth-order valence-electron chi connectivity index (χ4n) is 8.17. The van der Waals surface area contributed by atoms with Crippen molar-refractivity contribution in [2.75, 3.05) is 21.2 Å². The zero-order chi connectivity index (χ0) is 35.9. The molecule has 0 radical (unpaired) electrons. The third kappa shape index (κ3) is 4.98. The van der Waals surface area contributed by atoms with Gasteiger partial charge >= 0.3 is 0 Å². The van der Waals surface area contributed by atoms with Gasteiger partial charge in [0.25, 0.3) is 5.88 Å². The van der Waals surface area contributed by atoms with Crippen molar-refractivity contribution in [2.45, 2.75) is 76.9 Å². The van der Waals surface area contributed by atoms with Gasteiger partial charge in [0, 0.05) is 22.4 Å². The number of fused-ring (bicyclic) bond motifs is 5. The number of nitrogens with zero attached hydrogens (tertiary/aromatic N) is 2. The Balaban J connectivity index is 1.44. The lowest BCUT2D eigenvalue weighted by Crippen LogP contribution is -2.68. The Hall–Kier alpha value is -4.25. The SMILES string of the molecule is COc1cccc2c(C)c3c(cc12)C[C@H]1C[C@H]2[C@H](N(C)C)c4onc(OCc5ccccc5)c4C(=O)[C@@]2(O[Si](C)(C)C(C)(C)C)C(=O)C1=C3O. The summed E-state index contributed by atoms with van der Waals surface area (Å²) in [4.78, 5) is 32.9. The summed E-state index contributed by atoms with van der Waals surface area (Å²) in [5, 5.41) is 18.1. The van der Waals surface area contributed by atoms with Gasteiger partial charge < -0.3 is 23.5 Å². The average Bonchev–Trinajstić information content (AvgIpc) is 3.48. The minimum absolute atomic E-state index is 0.0377. The van der Waals surface area contributed by atoms with Crippen LogP contribution in [0.1, 0.15) is 71.6 Å². The maximum absolute atomic E-state index is 15.5. The largest absolute Gasteiger partial charge is 0.507 e. The second-order valence-electron chi connectivity index (χ2n) is 15.8. The third-order valence-corrected chi connectivity index (χ3v) is 16.1. The van der Waals surface area contributed by atoms with E-state index in [2.05, 4.69) is 45.1 Å². The summed E-state index contributed by atoms with van der Waals surface area (Å²) in [5.41, 5.74) is 1.80. The maximum Gasteiger partial charge on any atom is 0.265 e. The predicted molar refractivity (Wildman–Crippen MR) is 194 cm³/mol. The van der Waals surface area contributed by atoms with E-state index in [4.69, 9.17) is 18.4 Å². The second kappa shape index (κ2) is 11.9. The number of rotatable bonds is 7. The van der Waals surface area contributed by atoms with Gasteiger partial charge in [-0.05, 0) is 97.3 Å². The molecule has 50 heavy (non-hydrogen) atoms. The normalized spacial score (nSPS) is 23.4. The van der Waals surface area contributed by atoms with Gasteiger partial charge in [-0.2, -0.15) is 0 Å². The maximum atomic E-state index is 15.5. The summed E-state index contributed by atoms with van der Waals surface area (Å²) in [6, 6.07) is 17.0. The summed E-state index contributed by atoms with van der Waals surface area (Å²) < 4.78 is 25.1. The molecule has 0 bridgehead atoms. The molecule has 3 aliphatic carbocycles. The highest BCUT2D eigenvalue weighted by Gasteiger charge is 2.68. The Labute approximate surface area is 294 Å². The lowest BCUT2D eigenvalue weighted by molar-refractivity contribution is -0.140. The number of Topliss-reactive ketones (excluding diaryl/α,β-unsaturated/α-hetero) is 2. The van der Waals surface area contributed by atoms with Crippen LogP contribution in [-0.2, 0) is 22.2 Å². The minimum atomic E-state index is -2.83. The van der Waals surface area contributed by atoms with Crippen LogP contribution in [0.25, 0.3) is 16.5 Å². The van der Waals surface area contributed by atoms with Crippen molar-refractivity contribution >= 4 is 36.4 Å². The molecule has 1 N–H and O–H groups in total. The van der Waals surface area contributed by atoms with Crippen molar-refractivity contribution in [3.8, 4) is 11.6 Å². The van der Waals surface area contributed by atoms with Gasteiger partial charge in [0.2, 0.25) is 11.6 Å². The van der Waals surface area contributed by atoms with E-state index < -0.39 is 37.4 Å². The molecular weight excluding hydrogens is 649 g/mol. The predicted octanol–water partition coefficient (Wildman–Crippen LogP) is 8.01. The van der Waals surface area contributed by atoms with Crippen LogP contribution in [-0.4, -0.2) is 61.9 Å². The fraction of sp³-hybridized carbons (Fsp3) is 0.425. The van der Waals surface area contributed by atoms with Crippen molar-refractivity contribution in [3.05, 3.63) is 93.7 Å². The van der Waals surface area contributed by atoms with E-state index in [0.29, 0.717) is 24.2 Å². The fourth-order valence-corrected chi connectivity index (χ4v) is 9.62. The van der Waals surface area contributed by atoms with Gasteiger partial charge in [0.1, 0.15) is 23.7 Å². The van der Waals surface area contributed by atoms with E-state index in [1.54, 1.807) is 7.11 Å². The molecule has 7 rings (SSSR count). The summed E-state index contributed by atoms with van der Waals surface area (Å²) in [7, 11) is 2.66. The van der Waals surface area contributed by atoms with E-state index >= 15 is 9.59 Å². The van der Waals surface area contributed by atoms with Gasteiger partial charge in [-0.1, -0.05) is 63.2 Å². The quantitative estimate of drug-likeness (QED) is 0.152. The van der Waals surface area contributed by atoms with E-state index in [9.17, 15) is 5.11 Å². The zero-order valence-electron chi connectivity index (χ0n) is 30.3. The molecule has 0 aliphatic heterocycles. The Morgan fingerprint density at radius 1 is 1.02 bits per heavy atom. The van der Waals surface area contributed by atoms with Crippen LogP contribution in [0.5, 0.6) is 11.6 Å². The summed E-state index contributed by atoms with van der Waals surface area (Å²) >= 11 is 0. The van der Waals surface area contributed by atoms with Gasteiger partial charge in [0.05, 0.1) is 13.2 Å². The lowest BCUT2D eigenvalue weighted by Gasteiger charge is -2.55. The molecule has 4 aromatic rings. The van der Waals surface area contributed by atoms with E-state index in [-0.39, 0.29) is 40.3 Å². The molecule has 0 unspecified atom stereocenters. The Bertz CT molecular complexity index is 2060. The number of ketones is 2. The smallest absolute Gasteiger partial charge is 0.265 e. The van der Waals surface area contributed by atoms with E-state index in [0.717, 1.165) is 33.2 Å². The van der Waals surface area contributed by atoms with Crippen LogP contribution >= 0.6 is 0 Å². The third-order valence-electron chi connectivity index (χ3n) is 11.6. The number of aryl methyl sites for hydroxylation is 1. The molecule has 1 fully saturated rings. The molecule has 0 saturated heterocycles. The number of aliphatic hydroxyl groups excluding tert-OH is 1. The first-order valence-electron chi connectivity index (χ1n) is 17.3. The summed E-state index contributed by atoms with van der Waals surface area (Å²) in [5.74, 6) is -0.882. The summed E-state index contributed by atoms with van der Waals surface area (Å²) in [6.45, 7) is 12.5. The molecule has 10 heteroatoms. The molecule has 3 aliphatic rings. The first-order chi connectivity index (χ1) is 23.6. The van der Waals surface area contributed by atoms with Crippen molar-refractivity contribution in [3.63, 3.8) is 0 Å². The number of aromatic nitrogens is 1. The first kappa shape index (κ1) is 34.2. The molecule has 9 nitrogen and oxygen atoms in total. The summed E-state index contributed by atoms with van der Waals surface area (Å²) in [6.07, 6.45) is 0.933. The Kier molecular flexibility index (Phi) is 8.16. The van der Waals surface area contributed by atoms with Gasteiger partial charge in [-0.3, -0.25) is 14.5 Å².